The molecule has 0 aliphatic carbocycles. The highest BCUT2D eigenvalue weighted by molar-refractivity contribution is 6.31. The highest BCUT2D eigenvalue weighted by Crippen LogP contribution is 2.28. The zero-order valence-corrected chi connectivity index (χ0v) is 11.9. The summed E-state index contributed by atoms with van der Waals surface area (Å²) in [6.07, 6.45) is 3.85. The third-order valence-electron chi connectivity index (χ3n) is 4.36. The molecule has 2 heterocycles. The lowest BCUT2D eigenvalue weighted by atomic mass is 10.1. The van der Waals surface area contributed by atoms with Crippen LogP contribution in [0.15, 0.2) is 18.2 Å². The van der Waals surface area contributed by atoms with E-state index in [0.29, 0.717) is 16.8 Å². The first kappa shape index (κ1) is 13.2. The molecule has 4 heteroatoms. The Labute approximate surface area is 119 Å². The minimum Gasteiger partial charge on any atom is -0.508 e. The van der Waals surface area contributed by atoms with E-state index in [1.54, 1.807) is 12.1 Å². The van der Waals surface area contributed by atoms with Crippen molar-refractivity contribution < 1.29 is 5.11 Å². The summed E-state index contributed by atoms with van der Waals surface area (Å²) in [5.74, 6) is 0.319. The quantitative estimate of drug-likeness (QED) is 0.902. The van der Waals surface area contributed by atoms with Gasteiger partial charge in [-0.25, -0.2) is 0 Å². The van der Waals surface area contributed by atoms with Crippen molar-refractivity contribution >= 4 is 11.6 Å². The van der Waals surface area contributed by atoms with E-state index in [4.69, 9.17) is 11.6 Å². The summed E-state index contributed by atoms with van der Waals surface area (Å²) in [6.45, 7) is 5.43. The highest BCUT2D eigenvalue weighted by Gasteiger charge is 2.29. The molecule has 19 heavy (non-hydrogen) atoms. The molecule has 0 bridgehead atoms. The number of benzene rings is 1. The maximum atomic E-state index is 9.96. The molecule has 104 valence electrons. The van der Waals surface area contributed by atoms with E-state index in [1.165, 1.54) is 32.4 Å². The predicted octanol–water partition coefficient (Wildman–Crippen LogP) is 2.72. The summed E-state index contributed by atoms with van der Waals surface area (Å²) < 4.78 is 0. The number of nitrogens with zero attached hydrogens (tertiary/aromatic N) is 2. The third-order valence-corrected chi connectivity index (χ3v) is 4.72. The SMILES string of the molecule is Oc1cccc(Cl)c1CN1CCCN2CCCC2C1. The minimum absolute atomic E-state index is 0.319. The molecular formula is C15H21ClN2O. The van der Waals surface area contributed by atoms with Crippen LogP contribution in [0.25, 0.3) is 0 Å². The fourth-order valence-electron chi connectivity index (χ4n) is 3.35. The smallest absolute Gasteiger partial charge is 0.121 e. The highest BCUT2D eigenvalue weighted by atomic mass is 35.5. The molecule has 0 radical (unpaired) electrons. The first-order valence-electron chi connectivity index (χ1n) is 7.17. The second-order valence-electron chi connectivity index (χ2n) is 5.66. The number of rotatable bonds is 2. The Morgan fingerprint density at radius 3 is 2.89 bits per heavy atom. The maximum absolute atomic E-state index is 9.96. The van der Waals surface area contributed by atoms with Gasteiger partial charge in [0.25, 0.3) is 0 Å². The summed E-state index contributed by atoms with van der Waals surface area (Å²) in [5.41, 5.74) is 0.871. The lowest BCUT2D eigenvalue weighted by Crippen LogP contribution is -2.36. The Morgan fingerprint density at radius 1 is 1.21 bits per heavy atom. The van der Waals surface area contributed by atoms with E-state index in [0.717, 1.165) is 25.2 Å². The second kappa shape index (κ2) is 5.70. The average molecular weight is 281 g/mol. The van der Waals surface area contributed by atoms with Crippen LogP contribution in [0.3, 0.4) is 0 Å². The van der Waals surface area contributed by atoms with E-state index in [1.807, 2.05) is 6.07 Å². The fraction of sp³-hybridized carbons (Fsp3) is 0.600. The van der Waals surface area contributed by atoms with E-state index in [2.05, 4.69) is 9.80 Å². The van der Waals surface area contributed by atoms with Crippen molar-refractivity contribution in [3.8, 4) is 5.75 Å². The molecule has 0 spiro atoms. The number of hydrogen-bond donors (Lipinski definition) is 1. The van der Waals surface area contributed by atoms with Crippen molar-refractivity contribution in [3.05, 3.63) is 28.8 Å². The van der Waals surface area contributed by atoms with Gasteiger partial charge in [-0.15, -0.1) is 0 Å². The van der Waals surface area contributed by atoms with Crippen molar-refractivity contribution in [2.24, 2.45) is 0 Å². The molecule has 1 aromatic carbocycles. The summed E-state index contributed by atoms with van der Waals surface area (Å²) in [6, 6.07) is 6.08. The largest absolute Gasteiger partial charge is 0.508 e. The number of aromatic hydroxyl groups is 1. The molecule has 0 amide bonds. The van der Waals surface area contributed by atoms with Gasteiger partial charge in [0.05, 0.1) is 0 Å². The van der Waals surface area contributed by atoms with Gasteiger partial charge in [0.2, 0.25) is 0 Å². The lowest BCUT2D eigenvalue weighted by molar-refractivity contribution is 0.214. The van der Waals surface area contributed by atoms with E-state index in [-0.39, 0.29) is 0 Å². The average Bonchev–Trinajstić information content (AvgIpc) is 2.73. The molecule has 2 fully saturated rings. The number of phenols is 1. The molecule has 3 nitrogen and oxygen atoms in total. The Bertz CT molecular complexity index is 432. The van der Waals surface area contributed by atoms with Crippen LogP contribution in [0.5, 0.6) is 5.75 Å². The third kappa shape index (κ3) is 2.88. The minimum atomic E-state index is 0.319. The van der Waals surface area contributed by atoms with Gasteiger partial charge in [-0.3, -0.25) is 9.80 Å². The molecule has 1 atom stereocenters. The summed E-state index contributed by atoms with van der Waals surface area (Å²) in [7, 11) is 0. The molecule has 1 aromatic rings. The van der Waals surface area contributed by atoms with Gasteiger partial charge >= 0.3 is 0 Å². The first-order valence-corrected chi connectivity index (χ1v) is 7.54. The van der Waals surface area contributed by atoms with Crippen LogP contribution in [-0.4, -0.2) is 47.1 Å². The molecule has 2 saturated heterocycles. The monoisotopic (exact) mass is 280 g/mol. The van der Waals surface area contributed by atoms with Crippen LogP contribution in [0.1, 0.15) is 24.8 Å². The van der Waals surface area contributed by atoms with Crippen LogP contribution in [0.4, 0.5) is 0 Å². The molecule has 3 rings (SSSR count). The number of halogens is 1. The summed E-state index contributed by atoms with van der Waals surface area (Å²) >= 11 is 6.20. The van der Waals surface area contributed by atoms with Gasteiger partial charge in [0, 0.05) is 29.7 Å². The molecule has 0 saturated carbocycles. The van der Waals surface area contributed by atoms with Crippen LogP contribution in [0.2, 0.25) is 5.02 Å². The van der Waals surface area contributed by atoms with Crippen molar-refractivity contribution in [2.75, 3.05) is 26.2 Å². The Hall–Kier alpha value is -0.770. The second-order valence-corrected chi connectivity index (χ2v) is 6.07. The van der Waals surface area contributed by atoms with Crippen molar-refractivity contribution in [1.82, 2.24) is 9.80 Å². The molecule has 1 unspecified atom stereocenters. The van der Waals surface area contributed by atoms with Crippen LogP contribution in [-0.2, 0) is 6.54 Å². The van der Waals surface area contributed by atoms with E-state index >= 15 is 0 Å². The van der Waals surface area contributed by atoms with Crippen molar-refractivity contribution in [3.63, 3.8) is 0 Å². The maximum Gasteiger partial charge on any atom is 0.121 e. The standard InChI is InChI=1S/C15H21ClN2O/c16-14-5-1-6-15(19)13(14)11-17-7-3-9-18-8-2-4-12(18)10-17/h1,5-6,12,19H,2-4,7-11H2. The number of hydrogen-bond acceptors (Lipinski definition) is 3. The van der Waals surface area contributed by atoms with Gasteiger partial charge in [-0.2, -0.15) is 0 Å². The van der Waals surface area contributed by atoms with Gasteiger partial charge < -0.3 is 5.11 Å². The normalized spacial score (nSPS) is 25.2. The van der Waals surface area contributed by atoms with Gasteiger partial charge in [0.1, 0.15) is 5.75 Å². The van der Waals surface area contributed by atoms with Crippen molar-refractivity contribution in [1.29, 1.82) is 0 Å². The fourth-order valence-corrected chi connectivity index (χ4v) is 3.58. The summed E-state index contributed by atoms with van der Waals surface area (Å²) in [5, 5.41) is 10.6. The Balaban J connectivity index is 1.72. The molecule has 2 aliphatic rings. The Morgan fingerprint density at radius 2 is 2.05 bits per heavy atom. The molecule has 2 aliphatic heterocycles. The van der Waals surface area contributed by atoms with E-state index in [9.17, 15) is 5.11 Å². The van der Waals surface area contributed by atoms with Gasteiger partial charge in [0.15, 0.2) is 0 Å². The van der Waals surface area contributed by atoms with Gasteiger partial charge in [-0.1, -0.05) is 17.7 Å². The summed E-state index contributed by atoms with van der Waals surface area (Å²) in [4.78, 5) is 5.06. The number of fused-ring (bicyclic) bond motifs is 1. The predicted molar refractivity (Wildman–Crippen MR) is 77.6 cm³/mol. The zero-order chi connectivity index (χ0) is 13.2. The Kier molecular flexibility index (Phi) is 3.96. The molecular weight excluding hydrogens is 260 g/mol. The van der Waals surface area contributed by atoms with Crippen LogP contribution in [0, 0.1) is 0 Å². The molecule has 1 N–H and O–H groups in total. The topological polar surface area (TPSA) is 26.7 Å². The lowest BCUT2D eigenvalue weighted by Gasteiger charge is -2.26. The van der Waals surface area contributed by atoms with Gasteiger partial charge in [-0.05, 0) is 51.0 Å². The van der Waals surface area contributed by atoms with Crippen LogP contribution < -0.4 is 0 Å². The number of phenolic OH excluding ortho intramolecular Hbond substituents is 1. The first-order chi connectivity index (χ1) is 9.24. The molecule has 0 aromatic heterocycles. The zero-order valence-electron chi connectivity index (χ0n) is 11.2. The van der Waals surface area contributed by atoms with Crippen molar-refractivity contribution in [2.45, 2.75) is 31.8 Å². The van der Waals surface area contributed by atoms with E-state index < -0.39 is 0 Å². The van der Waals surface area contributed by atoms with Crippen LogP contribution >= 0.6 is 11.6 Å².